The molecule has 2 saturated heterocycles. The monoisotopic (exact) mass is 669 g/mol. The topological polar surface area (TPSA) is 195 Å². The number of aromatic amines is 1. The zero-order chi connectivity index (χ0) is 33.6. The molecule has 1 atom stereocenters. The van der Waals surface area contributed by atoms with Gasteiger partial charge in [-0.1, -0.05) is 0 Å². The van der Waals surface area contributed by atoms with Gasteiger partial charge in [-0.05, 0) is 56.1 Å². The molecule has 0 bridgehead atoms. The van der Waals surface area contributed by atoms with E-state index in [1.54, 1.807) is 6.07 Å². The van der Waals surface area contributed by atoms with Crippen molar-refractivity contribution in [2.75, 3.05) is 24.1 Å². The highest BCUT2D eigenvalue weighted by Gasteiger charge is 2.41. The van der Waals surface area contributed by atoms with Crippen molar-refractivity contribution < 1.29 is 50.3 Å². The first-order chi connectivity index (χ1) is 21.5. The predicted molar refractivity (Wildman–Crippen MR) is 152 cm³/mol. The average Bonchev–Trinajstić information content (AvgIpc) is 3.69. The molecule has 246 valence electrons. The number of pyridine rings is 1. The number of aromatic nitrogens is 3. The minimum atomic E-state index is -5.08. The molecule has 0 spiro atoms. The third-order valence-electron chi connectivity index (χ3n) is 7.65. The van der Waals surface area contributed by atoms with E-state index in [9.17, 15) is 36.0 Å². The summed E-state index contributed by atoms with van der Waals surface area (Å²) in [5.41, 5.74) is 2.30. The summed E-state index contributed by atoms with van der Waals surface area (Å²) in [5.74, 6) is -4.83. The second-order valence-electron chi connectivity index (χ2n) is 11.0. The van der Waals surface area contributed by atoms with Crippen LogP contribution in [-0.4, -0.2) is 93.8 Å². The Labute approximate surface area is 258 Å². The van der Waals surface area contributed by atoms with E-state index in [0.29, 0.717) is 12.1 Å². The number of fused-ring (bicyclic) bond motifs is 2. The predicted octanol–water partition coefficient (Wildman–Crippen LogP) is 2.13. The quantitative estimate of drug-likeness (QED) is 0.223. The van der Waals surface area contributed by atoms with Crippen LogP contribution in [0.15, 0.2) is 18.2 Å². The molecule has 4 N–H and O–H groups in total. The number of rotatable bonds is 6. The number of H-pyrrole nitrogens is 1. The summed E-state index contributed by atoms with van der Waals surface area (Å²) in [5, 5.41) is 16.3. The molecule has 3 aromatic rings. The first-order valence-electron chi connectivity index (χ1n) is 13.9. The number of carboxylic acids is 1. The highest BCUT2D eigenvalue weighted by Crippen LogP contribution is 2.36. The molecular weight excluding hydrogens is 642 g/mol. The van der Waals surface area contributed by atoms with Crippen molar-refractivity contribution in [1.29, 1.82) is 0 Å². The zero-order valence-corrected chi connectivity index (χ0v) is 24.9. The number of anilines is 1. The summed E-state index contributed by atoms with van der Waals surface area (Å²) >= 11 is 0. The summed E-state index contributed by atoms with van der Waals surface area (Å²) in [6, 6.07) is 3.88. The van der Waals surface area contributed by atoms with Crippen molar-refractivity contribution in [2.24, 2.45) is 0 Å². The summed E-state index contributed by atoms with van der Waals surface area (Å²) in [4.78, 5) is 54.0. The van der Waals surface area contributed by atoms with Gasteiger partial charge < -0.3 is 10.0 Å². The number of hydrogen-bond acceptors (Lipinski definition) is 9. The van der Waals surface area contributed by atoms with E-state index in [0.717, 1.165) is 37.8 Å². The maximum Gasteiger partial charge on any atom is 0.490 e. The van der Waals surface area contributed by atoms with Crippen LogP contribution >= 0.6 is 0 Å². The molecule has 0 aliphatic carbocycles. The molecule has 46 heavy (non-hydrogen) atoms. The Bertz CT molecular complexity index is 1860. The summed E-state index contributed by atoms with van der Waals surface area (Å²) in [6.45, 7) is 2.25. The van der Waals surface area contributed by atoms with Gasteiger partial charge in [0.05, 0.1) is 24.0 Å². The van der Waals surface area contributed by atoms with Gasteiger partial charge in [0, 0.05) is 29.7 Å². The molecule has 3 aliphatic heterocycles. The van der Waals surface area contributed by atoms with Gasteiger partial charge in [0.15, 0.2) is 5.82 Å². The van der Waals surface area contributed by atoms with Crippen LogP contribution < -0.4 is 10.0 Å². The number of benzene rings is 1. The molecule has 14 nitrogen and oxygen atoms in total. The molecule has 0 saturated carbocycles. The van der Waals surface area contributed by atoms with Crippen LogP contribution in [0.1, 0.15) is 47.2 Å². The number of sulfonamides is 1. The molecule has 5 heterocycles. The molecular formula is C27H27F4N7O7S. The van der Waals surface area contributed by atoms with Crippen molar-refractivity contribution in [1.82, 2.24) is 30.3 Å². The molecule has 0 radical (unpaired) electrons. The first kappa shape index (κ1) is 32.7. The fraction of sp³-hybridized carbons (Fsp3) is 0.407. The lowest BCUT2D eigenvalue weighted by atomic mass is 10.0. The number of amides is 3. The van der Waals surface area contributed by atoms with Crippen LogP contribution in [0, 0.1) is 5.82 Å². The second kappa shape index (κ2) is 12.3. The van der Waals surface area contributed by atoms with Gasteiger partial charge in [-0.3, -0.25) is 34.4 Å². The summed E-state index contributed by atoms with van der Waals surface area (Å²) in [6.07, 6.45) is -1.66. The van der Waals surface area contributed by atoms with Crippen molar-refractivity contribution >= 4 is 50.6 Å². The molecule has 3 aliphatic rings. The summed E-state index contributed by atoms with van der Waals surface area (Å²) < 4.78 is 74.0. The highest BCUT2D eigenvalue weighted by molar-refractivity contribution is 7.92. The number of piperidine rings is 1. The smallest absolute Gasteiger partial charge is 0.475 e. The number of nitrogens with one attached hydrogen (secondary N) is 3. The van der Waals surface area contributed by atoms with Gasteiger partial charge in [-0.25, -0.2) is 22.6 Å². The zero-order valence-electron chi connectivity index (χ0n) is 24.1. The number of carbonyl (C=O) groups excluding carboxylic acids is 3. The molecule has 1 unspecified atom stereocenters. The lowest BCUT2D eigenvalue weighted by molar-refractivity contribution is -0.192. The Morgan fingerprint density at radius 1 is 1.15 bits per heavy atom. The van der Waals surface area contributed by atoms with Crippen LogP contribution in [0.25, 0.3) is 22.3 Å². The Balaban J connectivity index is 0.000000537. The highest BCUT2D eigenvalue weighted by atomic mass is 32.2. The number of hydrogen-bond donors (Lipinski definition) is 4. The number of carbonyl (C=O) groups is 4. The van der Waals surface area contributed by atoms with Crippen molar-refractivity contribution in [3.05, 3.63) is 40.7 Å². The van der Waals surface area contributed by atoms with Crippen molar-refractivity contribution in [3.8, 4) is 11.3 Å². The van der Waals surface area contributed by atoms with Crippen molar-refractivity contribution in [2.45, 2.75) is 51.0 Å². The van der Waals surface area contributed by atoms with Gasteiger partial charge in [0.2, 0.25) is 21.8 Å². The van der Waals surface area contributed by atoms with E-state index in [1.165, 1.54) is 17.0 Å². The maximum absolute atomic E-state index is 16.0. The van der Waals surface area contributed by atoms with Gasteiger partial charge in [-0.2, -0.15) is 18.3 Å². The lowest BCUT2D eigenvalue weighted by Gasteiger charge is -2.29. The molecule has 19 heteroatoms. The van der Waals surface area contributed by atoms with Crippen LogP contribution in [0.4, 0.5) is 23.4 Å². The van der Waals surface area contributed by atoms with Crippen LogP contribution in [-0.2, 0) is 37.5 Å². The SMILES string of the molecule is CS(=O)(=O)Nc1n[nH]c2c(CN3CCCC3)cc(-c3ccc4c(c3F)CN(C3CCC(=O)NC3=O)C4=O)nc12.O=C(O)C(F)(F)F. The van der Waals surface area contributed by atoms with E-state index in [1.807, 2.05) is 0 Å². The second-order valence-corrected chi connectivity index (χ2v) is 12.7. The fourth-order valence-corrected chi connectivity index (χ4v) is 6.05. The lowest BCUT2D eigenvalue weighted by Crippen LogP contribution is -2.52. The molecule has 3 amide bonds. The first-order valence-corrected chi connectivity index (χ1v) is 15.8. The normalized spacial score (nSPS) is 18.8. The van der Waals surface area contributed by atoms with Gasteiger partial charge in [0.1, 0.15) is 17.4 Å². The Kier molecular flexibility index (Phi) is 8.73. The maximum atomic E-state index is 16.0. The van der Waals surface area contributed by atoms with E-state index < -0.39 is 51.7 Å². The number of halogens is 4. The third kappa shape index (κ3) is 6.79. The minimum Gasteiger partial charge on any atom is -0.475 e. The average molecular weight is 670 g/mol. The number of alkyl halides is 3. The van der Waals surface area contributed by atoms with Crippen LogP contribution in [0.3, 0.4) is 0 Å². The van der Waals surface area contributed by atoms with E-state index >= 15 is 4.39 Å². The Morgan fingerprint density at radius 3 is 2.41 bits per heavy atom. The van der Waals surface area contributed by atoms with Crippen molar-refractivity contribution in [3.63, 3.8) is 0 Å². The Morgan fingerprint density at radius 2 is 1.80 bits per heavy atom. The molecule has 6 rings (SSSR count). The largest absolute Gasteiger partial charge is 0.490 e. The number of carboxylic acid groups (broad SMARTS) is 1. The number of likely N-dealkylation sites (tertiary alicyclic amines) is 1. The molecule has 2 aromatic heterocycles. The van der Waals surface area contributed by atoms with Gasteiger partial charge in [-0.15, -0.1) is 0 Å². The van der Waals surface area contributed by atoms with Crippen LogP contribution in [0.5, 0.6) is 0 Å². The van der Waals surface area contributed by atoms with E-state index in [-0.39, 0.29) is 53.1 Å². The van der Waals surface area contributed by atoms with E-state index in [4.69, 9.17) is 9.90 Å². The van der Waals surface area contributed by atoms with Gasteiger partial charge >= 0.3 is 12.1 Å². The number of nitrogens with zero attached hydrogens (tertiary/aromatic N) is 4. The fourth-order valence-electron chi connectivity index (χ4n) is 5.55. The Hall–Kier alpha value is -4.65. The molecule has 2 fully saturated rings. The van der Waals surface area contributed by atoms with Crippen LogP contribution in [0.2, 0.25) is 0 Å². The van der Waals surface area contributed by atoms with E-state index in [2.05, 4.69) is 30.1 Å². The minimum absolute atomic E-state index is 0.0119. The standard InChI is InChI=1S/C25H26FN7O5S.C2HF3O2/c1-39(37,38)31-23-22-21(29-30-23)13(11-32-8-2-3-9-32)10-17(27-22)15-5-4-14-16(20(15)26)12-33(25(14)36)18-6-7-19(34)28-24(18)35;3-2(4,5)1(6)7/h4-5,10,18H,2-3,6-9,11-12H2,1H3,(H,28,34,35)(H2,29,30,31);(H,6,7). The number of imide groups is 1. The third-order valence-corrected chi connectivity index (χ3v) is 8.21. The number of aliphatic carboxylic acids is 1. The summed E-state index contributed by atoms with van der Waals surface area (Å²) in [7, 11) is -3.65. The molecule has 1 aromatic carbocycles. The van der Waals surface area contributed by atoms with Gasteiger partial charge in [0.25, 0.3) is 5.91 Å².